The first-order chi connectivity index (χ1) is 10.6. The average molecular weight is 363 g/mol. The Kier molecular flexibility index (Phi) is 3.94. The van der Waals surface area contributed by atoms with Crippen LogP contribution in [-0.2, 0) is 9.59 Å². The number of carbonyl (C=O) groups is 2. The van der Waals surface area contributed by atoms with Crippen LogP contribution in [-0.4, -0.2) is 17.9 Å². The molecule has 1 aliphatic rings. The number of para-hydroxylation sites is 1. The van der Waals surface area contributed by atoms with Gasteiger partial charge in [-0.05, 0) is 52.3 Å². The predicted molar refractivity (Wildman–Crippen MR) is 85.1 cm³/mol. The molecule has 0 saturated carbocycles. The van der Waals surface area contributed by atoms with E-state index in [1.807, 2.05) is 24.3 Å². The molecule has 2 aromatic rings. The summed E-state index contributed by atoms with van der Waals surface area (Å²) >= 11 is 3.39. The number of rotatable bonds is 3. The standard InChI is InChI=1S/C16H12BrFN2O2/c17-12-3-1-2-4-13(12)19-14-9-15(21)20(16(14)22)11-7-5-10(18)6-8-11/h1-8,14,19H,9H2/t14-/m0/s1. The highest BCUT2D eigenvalue weighted by Gasteiger charge is 2.39. The van der Waals surface area contributed by atoms with Crippen LogP contribution in [0.5, 0.6) is 0 Å². The van der Waals surface area contributed by atoms with Crippen LogP contribution in [0.4, 0.5) is 15.8 Å². The highest BCUT2D eigenvalue weighted by atomic mass is 79.9. The SMILES string of the molecule is O=C1C[C@H](Nc2ccccc2Br)C(=O)N1c1ccc(F)cc1. The molecule has 1 fully saturated rings. The van der Waals surface area contributed by atoms with E-state index in [0.29, 0.717) is 5.69 Å². The minimum absolute atomic E-state index is 0.0670. The summed E-state index contributed by atoms with van der Waals surface area (Å²) in [5.74, 6) is -1.06. The topological polar surface area (TPSA) is 49.4 Å². The van der Waals surface area contributed by atoms with Gasteiger partial charge in [-0.15, -0.1) is 0 Å². The smallest absolute Gasteiger partial charge is 0.256 e. The molecule has 0 bridgehead atoms. The lowest BCUT2D eigenvalue weighted by Gasteiger charge is -2.16. The van der Waals surface area contributed by atoms with Gasteiger partial charge in [0.15, 0.2) is 0 Å². The Bertz CT molecular complexity index is 733. The van der Waals surface area contributed by atoms with Gasteiger partial charge in [0.2, 0.25) is 5.91 Å². The second-order valence-electron chi connectivity index (χ2n) is 4.92. The molecule has 3 rings (SSSR count). The van der Waals surface area contributed by atoms with E-state index in [1.165, 1.54) is 24.3 Å². The third-order valence-corrected chi connectivity index (χ3v) is 4.13. The van der Waals surface area contributed by atoms with Crippen molar-refractivity contribution in [3.05, 3.63) is 58.8 Å². The molecule has 6 heteroatoms. The van der Waals surface area contributed by atoms with Crippen LogP contribution in [0.15, 0.2) is 53.0 Å². The maximum absolute atomic E-state index is 13.0. The Morgan fingerprint density at radius 3 is 2.45 bits per heavy atom. The van der Waals surface area contributed by atoms with Crippen LogP contribution < -0.4 is 10.2 Å². The van der Waals surface area contributed by atoms with Crippen molar-refractivity contribution in [1.29, 1.82) is 0 Å². The van der Waals surface area contributed by atoms with Crippen molar-refractivity contribution in [2.45, 2.75) is 12.5 Å². The maximum atomic E-state index is 13.0. The van der Waals surface area contributed by atoms with E-state index in [2.05, 4.69) is 21.2 Å². The molecule has 1 heterocycles. The van der Waals surface area contributed by atoms with Gasteiger partial charge in [0.1, 0.15) is 11.9 Å². The van der Waals surface area contributed by atoms with Crippen LogP contribution in [0.2, 0.25) is 0 Å². The lowest BCUT2D eigenvalue weighted by atomic mass is 10.2. The summed E-state index contributed by atoms with van der Waals surface area (Å²) in [5.41, 5.74) is 1.13. The van der Waals surface area contributed by atoms with Crippen molar-refractivity contribution in [3.63, 3.8) is 0 Å². The van der Waals surface area contributed by atoms with Crippen LogP contribution in [0.3, 0.4) is 0 Å². The van der Waals surface area contributed by atoms with Crippen LogP contribution in [0.1, 0.15) is 6.42 Å². The number of halogens is 2. The minimum Gasteiger partial charge on any atom is -0.372 e. The average Bonchev–Trinajstić information content (AvgIpc) is 2.77. The minimum atomic E-state index is -0.628. The fraction of sp³-hybridized carbons (Fsp3) is 0.125. The van der Waals surface area contributed by atoms with Crippen LogP contribution in [0.25, 0.3) is 0 Å². The fourth-order valence-corrected chi connectivity index (χ4v) is 2.77. The predicted octanol–water partition coefficient (Wildman–Crippen LogP) is 3.33. The third-order valence-electron chi connectivity index (χ3n) is 3.44. The van der Waals surface area contributed by atoms with Gasteiger partial charge in [-0.1, -0.05) is 12.1 Å². The molecule has 0 radical (unpaired) electrons. The second-order valence-corrected chi connectivity index (χ2v) is 5.78. The van der Waals surface area contributed by atoms with E-state index in [1.54, 1.807) is 0 Å². The molecule has 0 spiro atoms. The number of imide groups is 1. The molecule has 1 atom stereocenters. The summed E-state index contributed by atoms with van der Waals surface area (Å²) in [6.07, 6.45) is 0.0670. The summed E-state index contributed by atoms with van der Waals surface area (Å²) in [5, 5.41) is 3.07. The quantitative estimate of drug-likeness (QED) is 0.852. The highest BCUT2D eigenvalue weighted by molar-refractivity contribution is 9.10. The van der Waals surface area contributed by atoms with E-state index >= 15 is 0 Å². The molecule has 0 unspecified atom stereocenters. The number of hydrogen-bond acceptors (Lipinski definition) is 3. The number of benzene rings is 2. The second kappa shape index (κ2) is 5.88. The summed E-state index contributed by atoms with van der Waals surface area (Å²) in [6.45, 7) is 0. The molecular weight excluding hydrogens is 351 g/mol. The fourth-order valence-electron chi connectivity index (χ4n) is 2.37. The zero-order chi connectivity index (χ0) is 15.7. The summed E-state index contributed by atoms with van der Waals surface area (Å²) in [7, 11) is 0. The van der Waals surface area contributed by atoms with Gasteiger partial charge in [-0.25, -0.2) is 9.29 Å². The van der Waals surface area contributed by atoms with Gasteiger partial charge in [0.25, 0.3) is 5.91 Å². The van der Waals surface area contributed by atoms with Gasteiger partial charge in [-0.3, -0.25) is 9.59 Å². The number of carbonyl (C=O) groups excluding carboxylic acids is 2. The molecule has 1 saturated heterocycles. The Hall–Kier alpha value is -2.21. The number of amides is 2. The largest absolute Gasteiger partial charge is 0.372 e. The molecule has 2 aromatic carbocycles. The Labute approximate surface area is 135 Å². The lowest BCUT2D eigenvalue weighted by Crippen LogP contribution is -2.34. The van der Waals surface area contributed by atoms with Crippen molar-refractivity contribution in [2.75, 3.05) is 10.2 Å². The van der Waals surface area contributed by atoms with Crippen molar-refractivity contribution >= 4 is 39.1 Å². The zero-order valence-corrected chi connectivity index (χ0v) is 13.0. The summed E-state index contributed by atoms with van der Waals surface area (Å²) in [6, 6.07) is 12.0. The number of nitrogens with zero attached hydrogens (tertiary/aromatic N) is 1. The van der Waals surface area contributed by atoms with Crippen LogP contribution in [0, 0.1) is 5.82 Å². The molecule has 0 aromatic heterocycles. The van der Waals surface area contributed by atoms with Crippen molar-refractivity contribution in [2.24, 2.45) is 0 Å². The van der Waals surface area contributed by atoms with E-state index in [4.69, 9.17) is 0 Å². The van der Waals surface area contributed by atoms with Crippen LogP contribution >= 0.6 is 15.9 Å². The lowest BCUT2D eigenvalue weighted by molar-refractivity contribution is -0.121. The highest BCUT2D eigenvalue weighted by Crippen LogP contribution is 2.28. The van der Waals surface area contributed by atoms with Crippen molar-refractivity contribution in [1.82, 2.24) is 0 Å². The molecular formula is C16H12BrFN2O2. The summed E-state index contributed by atoms with van der Waals surface area (Å²) in [4.78, 5) is 25.7. The van der Waals surface area contributed by atoms with Gasteiger partial charge in [0.05, 0.1) is 12.1 Å². The molecule has 2 amide bonds. The first kappa shape index (κ1) is 14.7. The number of anilines is 2. The van der Waals surface area contributed by atoms with E-state index in [0.717, 1.165) is 15.1 Å². The van der Waals surface area contributed by atoms with Gasteiger partial charge >= 0.3 is 0 Å². The molecule has 1 aliphatic heterocycles. The molecule has 4 nitrogen and oxygen atoms in total. The Balaban J connectivity index is 1.82. The van der Waals surface area contributed by atoms with Crippen molar-refractivity contribution < 1.29 is 14.0 Å². The van der Waals surface area contributed by atoms with E-state index < -0.39 is 11.9 Å². The Morgan fingerprint density at radius 1 is 1.09 bits per heavy atom. The third kappa shape index (κ3) is 2.74. The van der Waals surface area contributed by atoms with E-state index in [9.17, 15) is 14.0 Å². The number of hydrogen-bond donors (Lipinski definition) is 1. The zero-order valence-electron chi connectivity index (χ0n) is 11.4. The first-order valence-electron chi connectivity index (χ1n) is 6.69. The monoisotopic (exact) mass is 362 g/mol. The molecule has 22 heavy (non-hydrogen) atoms. The van der Waals surface area contributed by atoms with Gasteiger partial charge < -0.3 is 5.32 Å². The van der Waals surface area contributed by atoms with Gasteiger partial charge in [-0.2, -0.15) is 0 Å². The molecule has 1 N–H and O–H groups in total. The normalized spacial score (nSPS) is 17.9. The Morgan fingerprint density at radius 2 is 1.77 bits per heavy atom. The first-order valence-corrected chi connectivity index (χ1v) is 7.49. The van der Waals surface area contributed by atoms with Crippen molar-refractivity contribution in [3.8, 4) is 0 Å². The number of nitrogens with one attached hydrogen (secondary N) is 1. The summed E-state index contributed by atoms with van der Waals surface area (Å²) < 4.78 is 13.8. The van der Waals surface area contributed by atoms with Gasteiger partial charge in [0, 0.05) is 10.2 Å². The molecule has 112 valence electrons. The maximum Gasteiger partial charge on any atom is 0.256 e. The van der Waals surface area contributed by atoms with E-state index in [-0.39, 0.29) is 18.2 Å². The molecule has 0 aliphatic carbocycles.